The van der Waals surface area contributed by atoms with E-state index in [-0.39, 0.29) is 6.04 Å². The Balaban J connectivity index is 2.18. The van der Waals surface area contributed by atoms with Gasteiger partial charge in [-0.25, -0.2) is 0 Å². The monoisotopic (exact) mass is 243 g/mol. The highest BCUT2D eigenvalue weighted by Crippen LogP contribution is 2.31. The van der Waals surface area contributed by atoms with Crippen LogP contribution in [0.25, 0.3) is 0 Å². The van der Waals surface area contributed by atoms with Crippen molar-refractivity contribution >= 4 is 11.6 Å². The molecule has 0 bridgehead atoms. The zero-order valence-corrected chi connectivity index (χ0v) is 10.3. The first-order valence-corrected chi connectivity index (χ1v) is 6.16. The summed E-state index contributed by atoms with van der Waals surface area (Å²) in [5.41, 5.74) is 7.26. The number of ether oxygens (including phenoxy) is 1. The van der Waals surface area contributed by atoms with Gasteiger partial charge in [0, 0.05) is 19.8 Å². The second-order valence-electron chi connectivity index (χ2n) is 4.17. The topological polar surface area (TPSA) is 53.1 Å². The Morgan fingerprint density at radius 2 is 2.31 bits per heavy atom. The van der Waals surface area contributed by atoms with Gasteiger partial charge in [0.15, 0.2) is 0 Å². The van der Waals surface area contributed by atoms with Crippen LogP contribution in [0.5, 0.6) is 0 Å². The van der Waals surface area contributed by atoms with Gasteiger partial charge < -0.3 is 10.5 Å². The standard InChI is InChI=1S/C11H18ClN3O/c1-2-15-11(9(12)7-14-15)10(13)8-3-5-16-6-4-8/h7-8,10H,2-6,13H2,1H3. The van der Waals surface area contributed by atoms with Crippen LogP contribution in [0.15, 0.2) is 6.20 Å². The first-order chi connectivity index (χ1) is 7.74. The van der Waals surface area contributed by atoms with Crippen molar-refractivity contribution in [1.29, 1.82) is 0 Å². The highest BCUT2D eigenvalue weighted by molar-refractivity contribution is 6.31. The summed E-state index contributed by atoms with van der Waals surface area (Å²) in [5, 5.41) is 4.90. The lowest BCUT2D eigenvalue weighted by atomic mass is 9.90. The van der Waals surface area contributed by atoms with Crippen LogP contribution in [0.3, 0.4) is 0 Å². The van der Waals surface area contributed by atoms with E-state index in [1.54, 1.807) is 6.20 Å². The van der Waals surface area contributed by atoms with E-state index in [0.29, 0.717) is 10.9 Å². The van der Waals surface area contributed by atoms with E-state index in [1.807, 2.05) is 11.6 Å². The minimum atomic E-state index is -0.0288. The fourth-order valence-corrected chi connectivity index (χ4v) is 2.52. The van der Waals surface area contributed by atoms with Gasteiger partial charge in [-0.2, -0.15) is 5.10 Å². The van der Waals surface area contributed by atoms with Crippen molar-refractivity contribution in [2.24, 2.45) is 11.7 Å². The van der Waals surface area contributed by atoms with Crippen molar-refractivity contribution in [2.45, 2.75) is 32.4 Å². The molecule has 1 unspecified atom stereocenters. The number of rotatable bonds is 3. The summed E-state index contributed by atoms with van der Waals surface area (Å²) in [4.78, 5) is 0. The maximum absolute atomic E-state index is 6.29. The van der Waals surface area contributed by atoms with Gasteiger partial charge in [0.25, 0.3) is 0 Å². The third kappa shape index (κ3) is 2.24. The summed E-state index contributed by atoms with van der Waals surface area (Å²) in [6.07, 6.45) is 3.69. The van der Waals surface area contributed by atoms with Crippen molar-refractivity contribution in [3.8, 4) is 0 Å². The van der Waals surface area contributed by atoms with Gasteiger partial charge in [-0.05, 0) is 25.7 Å². The van der Waals surface area contributed by atoms with Crippen molar-refractivity contribution in [2.75, 3.05) is 13.2 Å². The molecule has 5 heteroatoms. The largest absolute Gasteiger partial charge is 0.381 e. The van der Waals surface area contributed by atoms with Crippen LogP contribution in [0.1, 0.15) is 31.5 Å². The van der Waals surface area contributed by atoms with Crippen LogP contribution in [-0.4, -0.2) is 23.0 Å². The Labute approximate surface area is 101 Å². The Bertz CT molecular complexity index is 347. The Hall–Kier alpha value is -0.580. The van der Waals surface area contributed by atoms with Gasteiger partial charge in [0.1, 0.15) is 0 Å². The molecule has 0 aromatic carbocycles. The van der Waals surface area contributed by atoms with Crippen LogP contribution >= 0.6 is 11.6 Å². The first kappa shape index (κ1) is 11.9. The van der Waals surface area contributed by atoms with E-state index in [9.17, 15) is 0 Å². The van der Waals surface area contributed by atoms with Gasteiger partial charge in [-0.1, -0.05) is 11.6 Å². The van der Waals surface area contributed by atoms with E-state index >= 15 is 0 Å². The lowest BCUT2D eigenvalue weighted by molar-refractivity contribution is 0.0574. The molecule has 4 nitrogen and oxygen atoms in total. The van der Waals surface area contributed by atoms with Gasteiger partial charge in [-0.15, -0.1) is 0 Å². The quantitative estimate of drug-likeness (QED) is 0.883. The molecule has 2 rings (SSSR count). The lowest BCUT2D eigenvalue weighted by Crippen LogP contribution is -2.29. The predicted octanol–water partition coefficient (Wildman–Crippen LogP) is 1.98. The summed E-state index contributed by atoms with van der Waals surface area (Å²) < 4.78 is 7.23. The SMILES string of the molecule is CCn1ncc(Cl)c1C(N)C1CCOCC1. The fourth-order valence-electron chi connectivity index (χ4n) is 2.25. The number of hydrogen-bond acceptors (Lipinski definition) is 3. The Kier molecular flexibility index (Phi) is 3.84. The highest BCUT2D eigenvalue weighted by Gasteiger charge is 2.26. The molecule has 1 saturated heterocycles. The number of aryl methyl sites for hydroxylation is 1. The third-order valence-electron chi connectivity index (χ3n) is 3.22. The zero-order chi connectivity index (χ0) is 11.5. The lowest BCUT2D eigenvalue weighted by Gasteiger charge is -2.28. The average molecular weight is 244 g/mol. The van der Waals surface area contributed by atoms with Crippen LogP contribution in [0, 0.1) is 5.92 Å². The summed E-state index contributed by atoms with van der Waals surface area (Å²) in [5.74, 6) is 0.452. The van der Waals surface area contributed by atoms with Crippen LogP contribution in [0.4, 0.5) is 0 Å². The van der Waals surface area contributed by atoms with E-state index < -0.39 is 0 Å². The molecule has 1 fully saturated rings. The molecule has 0 amide bonds. The second kappa shape index (κ2) is 5.17. The molecule has 1 aromatic rings. The molecule has 0 spiro atoms. The maximum atomic E-state index is 6.29. The van der Waals surface area contributed by atoms with Gasteiger partial charge in [-0.3, -0.25) is 4.68 Å². The van der Waals surface area contributed by atoms with E-state index in [0.717, 1.165) is 38.3 Å². The molecule has 0 aliphatic carbocycles. The fraction of sp³-hybridized carbons (Fsp3) is 0.727. The third-order valence-corrected chi connectivity index (χ3v) is 3.51. The number of halogens is 1. The molecule has 1 aliphatic rings. The average Bonchev–Trinajstić information content (AvgIpc) is 2.70. The number of nitrogens with two attached hydrogens (primary N) is 1. The van der Waals surface area contributed by atoms with Gasteiger partial charge >= 0.3 is 0 Å². The molecule has 0 radical (unpaired) electrons. The maximum Gasteiger partial charge on any atom is 0.0834 e. The molecule has 0 saturated carbocycles. The second-order valence-corrected chi connectivity index (χ2v) is 4.58. The summed E-state index contributed by atoms with van der Waals surface area (Å²) in [7, 11) is 0. The zero-order valence-electron chi connectivity index (χ0n) is 9.53. The molecule has 16 heavy (non-hydrogen) atoms. The van der Waals surface area contributed by atoms with Crippen molar-refractivity contribution in [3.05, 3.63) is 16.9 Å². The smallest absolute Gasteiger partial charge is 0.0834 e. The summed E-state index contributed by atoms with van der Waals surface area (Å²) in [6, 6.07) is -0.0288. The molecular formula is C11H18ClN3O. The van der Waals surface area contributed by atoms with Crippen molar-refractivity contribution in [1.82, 2.24) is 9.78 Å². The van der Waals surface area contributed by atoms with Crippen molar-refractivity contribution in [3.63, 3.8) is 0 Å². The van der Waals surface area contributed by atoms with Gasteiger partial charge in [0.2, 0.25) is 0 Å². The van der Waals surface area contributed by atoms with Gasteiger partial charge in [0.05, 0.1) is 23.0 Å². The summed E-state index contributed by atoms with van der Waals surface area (Å²) >= 11 is 6.14. The minimum absolute atomic E-state index is 0.0288. The minimum Gasteiger partial charge on any atom is -0.381 e. The van der Waals surface area contributed by atoms with E-state index in [2.05, 4.69) is 5.10 Å². The molecular weight excluding hydrogens is 226 g/mol. The molecule has 1 aliphatic heterocycles. The molecule has 1 atom stereocenters. The Morgan fingerprint density at radius 3 is 2.94 bits per heavy atom. The van der Waals surface area contributed by atoms with Crippen LogP contribution in [0.2, 0.25) is 5.02 Å². The summed E-state index contributed by atoms with van der Waals surface area (Å²) in [6.45, 7) is 4.45. The number of aromatic nitrogens is 2. The van der Waals surface area contributed by atoms with Crippen LogP contribution < -0.4 is 5.73 Å². The van der Waals surface area contributed by atoms with E-state index in [4.69, 9.17) is 22.1 Å². The molecule has 2 N–H and O–H groups in total. The Morgan fingerprint density at radius 1 is 1.62 bits per heavy atom. The molecule has 90 valence electrons. The first-order valence-electron chi connectivity index (χ1n) is 5.78. The van der Waals surface area contributed by atoms with Crippen molar-refractivity contribution < 1.29 is 4.74 Å². The van der Waals surface area contributed by atoms with E-state index in [1.165, 1.54) is 0 Å². The van der Waals surface area contributed by atoms with Crippen LogP contribution in [-0.2, 0) is 11.3 Å². The number of hydrogen-bond donors (Lipinski definition) is 1. The highest BCUT2D eigenvalue weighted by atomic mass is 35.5. The molecule has 2 heterocycles. The predicted molar refractivity (Wildman–Crippen MR) is 63.4 cm³/mol. The number of nitrogens with zero attached hydrogens (tertiary/aromatic N) is 2. The normalized spacial score (nSPS) is 19.9. The molecule has 1 aromatic heterocycles.